The van der Waals surface area contributed by atoms with Gasteiger partial charge in [0.05, 0.1) is 4.92 Å². The molecule has 23 heavy (non-hydrogen) atoms. The Hall–Kier alpha value is -2.44. The highest BCUT2D eigenvalue weighted by Gasteiger charge is 2.24. The van der Waals surface area contributed by atoms with Crippen LogP contribution in [-0.2, 0) is 0 Å². The molecule has 0 spiro atoms. The second-order valence-corrected chi connectivity index (χ2v) is 6.94. The summed E-state index contributed by atoms with van der Waals surface area (Å²) in [5.41, 5.74) is -0.630. The minimum atomic E-state index is -0.675. The van der Waals surface area contributed by atoms with Crippen LogP contribution in [-0.4, -0.2) is 20.3 Å². The average molecular weight is 318 g/mol. The lowest BCUT2D eigenvalue weighted by Crippen LogP contribution is -2.25. The summed E-state index contributed by atoms with van der Waals surface area (Å²) in [6.07, 6.45) is 3.27. The van der Waals surface area contributed by atoms with Crippen molar-refractivity contribution in [1.29, 1.82) is 0 Å². The summed E-state index contributed by atoms with van der Waals surface area (Å²) in [6.45, 7) is 8.36. The molecule has 1 atom stereocenters. The Kier molecular flexibility index (Phi) is 4.68. The minimum absolute atomic E-state index is 0.0222. The number of nitro groups is 1. The number of hydrogen-bond acceptors (Lipinski definition) is 5. The molecule has 0 saturated carbocycles. The third-order valence-electron chi connectivity index (χ3n) is 3.60. The summed E-state index contributed by atoms with van der Waals surface area (Å²) in [4.78, 5) is 27.2. The highest BCUT2D eigenvalue weighted by Crippen LogP contribution is 2.24. The number of nitrogens with one attached hydrogen (secondary N) is 1. The first-order valence-electron chi connectivity index (χ1n) is 7.61. The summed E-state index contributed by atoms with van der Waals surface area (Å²) >= 11 is 0. The lowest BCUT2D eigenvalue weighted by atomic mass is 9.89. The van der Waals surface area contributed by atoms with Gasteiger partial charge in [-0.1, -0.05) is 26.8 Å². The predicted molar refractivity (Wildman–Crippen MR) is 89.9 cm³/mol. The van der Waals surface area contributed by atoms with Gasteiger partial charge in [0.15, 0.2) is 0 Å². The van der Waals surface area contributed by atoms with E-state index in [9.17, 15) is 14.9 Å². The van der Waals surface area contributed by atoms with Crippen molar-refractivity contribution in [3.63, 3.8) is 0 Å². The first kappa shape index (κ1) is 16.9. The SMILES string of the molecule is CC(CCC(C)(C)C)Nc1nc2ccccn2c(=O)c1[N+](=O)[O-]. The van der Waals surface area contributed by atoms with Gasteiger partial charge in [-0.05, 0) is 37.3 Å². The van der Waals surface area contributed by atoms with Crippen LogP contribution in [0.15, 0.2) is 29.2 Å². The third-order valence-corrected chi connectivity index (χ3v) is 3.60. The van der Waals surface area contributed by atoms with Crippen LogP contribution in [0.3, 0.4) is 0 Å². The Balaban J connectivity index is 2.37. The van der Waals surface area contributed by atoms with Gasteiger partial charge in [0.2, 0.25) is 5.82 Å². The van der Waals surface area contributed by atoms with Gasteiger partial charge in [0.25, 0.3) is 0 Å². The van der Waals surface area contributed by atoms with Crippen molar-refractivity contribution in [1.82, 2.24) is 9.38 Å². The molecule has 7 heteroatoms. The van der Waals surface area contributed by atoms with Crippen LogP contribution in [0.25, 0.3) is 5.65 Å². The van der Waals surface area contributed by atoms with Gasteiger partial charge >= 0.3 is 11.2 Å². The molecule has 2 rings (SSSR count). The van der Waals surface area contributed by atoms with Crippen LogP contribution in [0.2, 0.25) is 0 Å². The highest BCUT2D eigenvalue weighted by molar-refractivity contribution is 5.60. The van der Waals surface area contributed by atoms with Crippen molar-refractivity contribution in [2.45, 2.75) is 46.6 Å². The van der Waals surface area contributed by atoms with E-state index in [-0.39, 0.29) is 17.3 Å². The van der Waals surface area contributed by atoms with E-state index < -0.39 is 16.2 Å². The van der Waals surface area contributed by atoms with Gasteiger partial charge in [0.1, 0.15) is 5.65 Å². The van der Waals surface area contributed by atoms with Gasteiger partial charge in [-0.15, -0.1) is 0 Å². The van der Waals surface area contributed by atoms with Crippen LogP contribution >= 0.6 is 0 Å². The minimum Gasteiger partial charge on any atom is -0.362 e. The molecule has 124 valence electrons. The van der Waals surface area contributed by atoms with Crippen molar-refractivity contribution in [2.24, 2.45) is 5.41 Å². The molecule has 0 aliphatic rings. The fraction of sp³-hybridized carbons (Fsp3) is 0.500. The monoisotopic (exact) mass is 318 g/mol. The molecule has 1 N–H and O–H groups in total. The van der Waals surface area contributed by atoms with Crippen molar-refractivity contribution < 1.29 is 4.92 Å². The van der Waals surface area contributed by atoms with Crippen LogP contribution in [0.4, 0.5) is 11.5 Å². The Morgan fingerprint density at radius 3 is 2.70 bits per heavy atom. The summed E-state index contributed by atoms with van der Waals surface area (Å²) in [5, 5.41) is 14.3. The fourth-order valence-electron chi connectivity index (χ4n) is 2.30. The van der Waals surface area contributed by atoms with E-state index in [0.717, 1.165) is 12.8 Å². The van der Waals surface area contributed by atoms with E-state index in [4.69, 9.17) is 0 Å². The number of aromatic nitrogens is 2. The lowest BCUT2D eigenvalue weighted by molar-refractivity contribution is -0.385. The molecule has 0 aromatic carbocycles. The molecule has 0 radical (unpaired) electrons. The molecule has 2 aromatic rings. The normalized spacial score (nSPS) is 13.0. The van der Waals surface area contributed by atoms with Crippen LogP contribution < -0.4 is 10.9 Å². The highest BCUT2D eigenvalue weighted by atomic mass is 16.6. The first-order chi connectivity index (χ1) is 10.7. The number of anilines is 1. The van der Waals surface area contributed by atoms with Crippen molar-refractivity contribution in [2.75, 3.05) is 5.32 Å². The molecule has 0 fully saturated rings. The maximum absolute atomic E-state index is 12.3. The van der Waals surface area contributed by atoms with Crippen LogP contribution in [0.5, 0.6) is 0 Å². The Morgan fingerprint density at radius 2 is 2.09 bits per heavy atom. The van der Waals surface area contributed by atoms with E-state index >= 15 is 0 Å². The maximum atomic E-state index is 12.3. The Labute approximate surface area is 134 Å². The van der Waals surface area contributed by atoms with E-state index in [1.54, 1.807) is 18.2 Å². The Bertz CT molecular complexity index is 777. The van der Waals surface area contributed by atoms with Gasteiger partial charge in [-0.25, -0.2) is 4.98 Å². The molecule has 0 aliphatic carbocycles. The van der Waals surface area contributed by atoms with E-state index in [0.29, 0.717) is 5.65 Å². The van der Waals surface area contributed by atoms with Gasteiger partial charge < -0.3 is 5.32 Å². The topological polar surface area (TPSA) is 89.5 Å². The van der Waals surface area contributed by atoms with Crippen molar-refractivity contribution >= 4 is 17.2 Å². The number of rotatable bonds is 5. The van der Waals surface area contributed by atoms with Crippen molar-refractivity contribution in [3.05, 3.63) is 44.9 Å². The summed E-state index contributed by atoms with van der Waals surface area (Å²) in [7, 11) is 0. The van der Waals surface area contributed by atoms with E-state index in [1.807, 2.05) is 6.92 Å². The fourth-order valence-corrected chi connectivity index (χ4v) is 2.30. The first-order valence-corrected chi connectivity index (χ1v) is 7.61. The molecule has 2 aromatic heterocycles. The van der Waals surface area contributed by atoms with Gasteiger partial charge in [0, 0.05) is 12.2 Å². The number of nitrogens with zero attached hydrogens (tertiary/aromatic N) is 3. The average Bonchev–Trinajstić information content (AvgIpc) is 2.44. The zero-order chi connectivity index (χ0) is 17.2. The molecule has 0 bridgehead atoms. The molecule has 1 unspecified atom stereocenters. The Morgan fingerprint density at radius 1 is 1.39 bits per heavy atom. The third kappa shape index (κ3) is 4.06. The summed E-state index contributed by atoms with van der Waals surface area (Å²) in [5.74, 6) is 0.0348. The predicted octanol–water partition coefficient (Wildman–Crippen LogP) is 3.23. The number of fused-ring (bicyclic) bond motifs is 1. The lowest BCUT2D eigenvalue weighted by Gasteiger charge is -2.21. The second-order valence-electron chi connectivity index (χ2n) is 6.94. The van der Waals surface area contributed by atoms with Crippen molar-refractivity contribution in [3.8, 4) is 0 Å². The largest absolute Gasteiger partial charge is 0.376 e. The standard InChI is InChI=1S/C16H22N4O3/c1-11(8-9-16(2,3)4)17-14-13(20(22)23)15(21)19-10-6-5-7-12(19)18-14/h5-7,10-11,17H,8-9H2,1-4H3. The van der Waals surface area contributed by atoms with Crippen LogP contribution in [0.1, 0.15) is 40.5 Å². The maximum Gasteiger partial charge on any atom is 0.376 e. The summed E-state index contributed by atoms with van der Waals surface area (Å²) < 4.78 is 1.18. The summed E-state index contributed by atoms with van der Waals surface area (Å²) in [6, 6.07) is 5.00. The molecule has 0 saturated heterocycles. The van der Waals surface area contributed by atoms with E-state index in [2.05, 4.69) is 31.1 Å². The smallest absolute Gasteiger partial charge is 0.362 e. The zero-order valence-corrected chi connectivity index (χ0v) is 13.9. The number of pyridine rings is 1. The second kappa shape index (κ2) is 6.36. The molecular weight excluding hydrogens is 296 g/mol. The molecular formula is C16H22N4O3. The molecule has 0 amide bonds. The number of hydrogen-bond donors (Lipinski definition) is 1. The van der Waals surface area contributed by atoms with E-state index in [1.165, 1.54) is 10.6 Å². The molecule has 7 nitrogen and oxygen atoms in total. The molecule has 0 aliphatic heterocycles. The van der Waals surface area contributed by atoms with Gasteiger partial charge in [-0.2, -0.15) is 0 Å². The zero-order valence-electron chi connectivity index (χ0n) is 13.9. The van der Waals surface area contributed by atoms with Crippen LogP contribution in [0, 0.1) is 15.5 Å². The molecule has 2 heterocycles. The van der Waals surface area contributed by atoms with Gasteiger partial charge in [-0.3, -0.25) is 19.3 Å². The quantitative estimate of drug-likeness (QED) is 0.675.